The average molecular weight is 192 g/mol. The molecule has 1 N–H and O–H groups in total. The Morgan fingerprint density at radius 1 is 1.57 bits per heavy atom. The summed E-state index contributed by atoms with van der Waals surface area (Å²) in [6, 6.07) is 5.76. The van der Waals surface area contributed by atoms with E-state index in [0.717, 1.165) is 24.1 Å². The number of benzene rings is 1. The van der Waals surface area contributed by atoms with Crippen LogP contribution in [0.2, 0.25) is 0 Å². The third-order valence-corrected chi connectivity index (χ3v) is 2.66. The molecule has 0 bridgehead atoms. The molecule has 1 aromatic carbocycles. The highest BCUT2D eigenvalue weighted by Gasteiger charge is 2.21. The molecule has 1 aliphatic rings. The highest BCUT2D eigenvalue weighted by molar-refractivity contribution is 5.43. The van der Waals surface area contributed by atoms with Gasteiger partial charge in [-0.2, -0.15) is 0 Å². The lowest BCUT2D eigenvalue weighted by Crippen LogP contribution is -2.34. The zero-order valence-corrected chi connectivity index (χ0v) is 7.99. The molecule has 0 spiro atoms. The molecule has 0 saturated carbocycles. The zero-order chi connectivity index (χ0) is 10.1. The van der Waals surface area contributed by atoms with Crippen LogP contribution in [0.3, 0.4) is 0 Å². The lowest BCUT2D eigenvalue weighted by Gasteiger charge is -2.27. The predicted molar refractivity (Wildman–Crippen MR) is 53.2 cm³/mol. The van der Waals surface area contributed by atoms with Crippen LogP contribution in [0.25, 0.3) is 0 Å². The number of hydrogen-bond acceptors (Lipinski definition) is 3. The van der Waals surface area contributed by atoms with Crippen molar-refractivity contribution in [2.75, 3.05) is 6.54 Å². The molecule has 0 amide bonds. The average Bonchev–Trinajstić information content (AvgIpc) is 2.04. The Morgan fingerprint density at radius 2 is 2.29 bits per heavy atom. The third-order valence-electron chi connectivity index (χ3n) is 2.66. The Bertz CT molecular complexity index is 372. The molecule has 4 nitrogen and oxygen atoms in total. The molecule has 1 unspecified atom stereocenters. The van der Waals surface area contributed by atoms with Gasteiger partial charge in [-0.15, -0.1) is 0 Å². The number of hydrogen-bond donors (Lipinski definition) is 1. The van der Waals surface area contributed by atoms with E-state index in [1.165, 1.54) is 0 Å². The number of rotatable bonds is 2. The van der Waals surface area contributed by atoms with Crippen LogP contribution < -0.4 is 5.32 Å². The number of nitro benzene ring substituents is 1. The van der Waals surface area contributed by atoms with Gasteiger partial charge in [-0.05, 0) is 25.5 Å². The quantitative estimate of drug-likeness (QED) is 0.575. The summed E-state index contributed by atoms with van der Waals surface area (Å²) >= 11 is 0. The molecule has 74 valence electrons. The van der Waals surface area contributed by atoms with Crippen LogP contribution in [0, 0.1) is 17.0 Å². The van der Waals surface area contributed by atoms with E-state index >= 15 is 0 Å². The molecule has 1 fully saturated rings. The number of nitro groups is 1. The molecule has 2 rings (SSSR count). The highest BCUT2D eigenvalue weighted by Crippen LogP contribution is 2.27. The van der Waals surface area contributed by atoms with Crippen molar-refractivity contribution >= 4 is 5.69 Å². The van der Waals surface area contributed by atoms with E-state index in [1.807, 2.05) is 12.1 Å². The SMILES string of the molecule is Cc1ccc(C2CCN2)cc1[N+](=O)[O-]. The molecule has 1 aromatic rings. The third kappa shape index (κ3) is 1.48. The Kier molecular flexibility index (Phi) is 2.21. The van der Waals surface area contributed by atoms with Crippen LogP contribution >= 0.6 is 0 Å². The van der Waals surface area contributed by atoms with E-state index < -0.39 is 0 Å². The molecule has 1 atom stereocenters. The van der Waals surface area contributed by atoms with Crippen LogP contribution in [0.4, 0.5) is 5.69 Å². The van der Waals surface area contributed by atoms with Crippen LogP contribution in [0.5, 0.6) is 0 Å². The van der Waals surface area contributed by atoms with Crippen molar-refractivity contribution in [3.63, 3.8) is 0 Å². The van der Waals surface area contributed by atoms with Crippen molar-refractivity contribution in [3.05, 3.63) is 39.4 Å². The molecule has 14 heavy (non-hydrogen) atoms. The first-order valence-electron chi connectivity index (χ1n) is 4.67. The van der Waals surface area contributed by atoms with Crippen molar-refractivity contribution in [2.45, 2.75) is 19.4 Å². The Hall–Kier alpha value is -1.42. The van der Waals surface area contributed by atoms with Crippen molar-refractivity contribution < 1.29 is 4.92 Å². The second-order valence-electron chi connectivity index (χ2n) is 3.60. The first-order chi connectivity index (χ1) is 6.68. The van der Waals surface area contributed by atoms with Crippen LogP contribution in [-0.4, -0.2) is 11.5 Å². The molecule has 0 aliphatic carbocycles. The summed E-state index contributed by atoms with van der Waals surface area (Å²) in [4.78, 5) is 10.4. The van der Waals surface area contributed by atoms with E-state index in [4.69, 9.17) is 0 Å². The first-order valence-corrected chi connectivity index (χ1v) is 4.67. The first kappa shape index (κ1) is 9.15. The predicted octanol–water partition coefficient (Wildman–Crippen LogP) is 1.94. The summed E-state index contributed by atoms with van der Waals surface area (Å²) in [5.41, 5.74) is 1.96. The fraction of sp³-hybridized carbons (Fsp3) is 0.400. The summed E-state index contributed by atoms with van der Waals surface area (Å²) in [5, 5.41) is 13.9. The second-order valence-corrected chi connectivity index (χ2v) is 3.60. The maximum Gasteiger partial charge on any atom is 0.272 e. The summed E-state index contributed by atoms with van der Waals surface area (Å²) in [6.45, 7) is 2.77. The fourth-order valence-electron chi connectivity index (χ4n) is 1.61. The normalized spacial score (nSPS) is 20.2. The van der Waals surface area contributed by atoms with Crippen LogP contribution in [0.15, 0.2) is 18.2 Å². The van der Waals surface area contributed by atoms with Crippen LogP contribution in [-0.2, 0) is 0 Å². The van der Waals surface area contributed by atoms with Crippen molar-refractivity contribution in [1.82, 2.24) is 5.32 Å². The molecule has 0 radical (unpaired) electrons. The van der Waals surface area contributed by atoms with Crippen molar-refractivity contribution in [2.24, 2.45) is 0 Å². The maximum absolute atomic E-state index is 10.7. The minimum Gasteiger partial charge on any atom is -0.310 e. The molecule has 1 saturated heterocycles. The Morgan fingerprint density at radius 3 is 2.79 bits per heavy atom. The number of nitrogens with one attached hydrogen (secondary N) is 1. The smallest absolute Gasteiger partial charge is 0.272 e. The minimum absolute atomic E-state index is 0.219. The standard InChI is InChI=1S/C10H12N2O2/c1-7-2-3-8(9-4-5-11-9)6-10(7)12(13)14/h2-3,6,9,11H,4-5H2,1H3. The van der Waals surface area contributed by atoms with Gasteiger partial charge in [-0.3, -0.25) is 10.1 Å². The van der Waals surface area contributed by atoms with E-state index in [1.54, 1.807) is 13.0 Å². The minimum atomic E-state index is -0.322. The van der Waals surface area contributed by atoms with E-state index in [2.05, 4.69) is 5.32 Å². The number of aryl methyl sites for hydroxylation is 1. The van der Waals surface area contributed by atoms with Gasteiger partial charge in [0.05, 0.1) is 4.92 Å². The van der Waals surface area contributed by atoms with E-state index in [9.17, 15) is 10.1 Å². The topological polar surface area (TPSA) is 55.2 Å². The molecule has 0 aromatic heterocycles. The Balaban J connectivity index is 2.34. The van der Waals surface area contributed by atoms with Gasteiger partial charge < -0.3 is 5.32 Å². The van der Waals surface area contributed by atoms with Gasteiger partial charge in [0, 0.05) is 17.7 Å². The van der Waals surface area contributed by atoms with Gasteiger partial charge in [0.1, 0.15) is 0 Å². The van der Waals surface area contributed by atoms with Gasteiger partial charge in [-0.25, -0.2) is 0 Å². The summed E-state index contributed by atoms with van der Waals surface area (Å²) in [5.74, 6) is 0. The maximum atomic E-state index is 10.7. The second kappa shape index (κ2) is 3.38. The van der Waals surface area contributed by atoms with Crippen molar-refractivity contribution in [1.29, 1.82) is 0 Å². The largest absolute Gasteiger partial charge is 0.310 e. The molecular weight excluding hydrogens is 180 g/mol. The highest BCUT2D eigenvalue weighted by atomic mass is 16.6. The Labute approximate surface area is 82.1 Å². The van der Waals surface area contributed by atoms with Gasteiger partial charge in [0.15, 0.2) is 0 Å². The van der Waals surface area contributed by atoms with Crippen LogP contribution in [0.1, 0.15) is 23.6 Å². The molecular formula is C10H12N2O2. The van der Waals surface area contributed by atoms with Gasteiger partial charge in [-0.1, -0.05) is 12.1 Å². The van der Waals surface area contributed by atoms with E-state index in [-0.39, 0.29) is 10.6 Å². The lowest BCUT2D eigenvalue weighted by atomic mass is 9.96. The monoisotopic (exact) mass is 192 g/mol. The molecule has 1 heterocycles. The zero-order valence-electron chi connectivity index (χ0n) is 7.99. The van der Waals surface area contributed by atoms with Gasteiger partial charge in [0.2, 0.25) is 0 Å². The summed E-state index contributed by atoms with van der Waals surface area (Å²) in [7, 11) is 0. The summed E-state index contributed by atoms with van der Waals surface area (Å²) in [6.07, 6.45) is 1.07. The molecule has 1 aliphatic heterocycles. The number of nitrogens with zero attached hydrogens (tertiary/aromatic N) is 1. The van der Waals surface area contributed by atoms with Crippen molar-refractivity contribution in [3.8, 4) is 0 Å². The lowest BCUT2D eigenvalue weighted by molar-refractivity contribution is -0.385. The van der Waals surface area contributed by atoms with E-state index in [0.29, 0.717) is 6.04 Å². The summed E-state index contributed by atoms with van der Waals surface area (Å²) < 4.78 is 0. The van der Waals surface area contributed by atoms with Gasteiger partial charge in [0.25, 0.3) is 5.69 Å². The molecule has 4 heteroatoms. The van der Waals surface area contributed by atoms with Gasteiger partial charge >= 0.3 is 0 Å². The fourth-order valence-corrected chi connectivity index (χ4v) is 1.61.